The third kappa shape index (κ3) is 3.29. The van der Waals surface area contributed by atoms with Crippen molar-refractivity contribution in [3.05, 3.63) is 35.4 Å². The van der Waals surface area contributed by atoms with Gasteiger partial charge in [-0.15, -0.1) is 0 Å². The molecule has 4 aliphatic carbocycles. The molecule has 5 fully saturated rings. The number of nitrogens with zero attached hydrogens (tertiary/aromatic N) is 2. The van der Waals surface area contributed by atoms with Gasteiger partial charge in [0, 0.05) is 20.1 Å². The van der Waals surface area contributed by atoms with Crippen LogP contribution < -0.4 is 0 Å². The van der Waals surface area contributed by atoms with Crippen LogP contribution >= 0.6 is 0 Å². The minimum atomic E-state index is -0.260. The summed E-state index contributed by atoms with van der Waals surface area (Å²) in [6.45, 7) is 3.46. The summed E-state index contributed by atoms with van der Waals surface area (Å²) in [5.74, 6) is 2.70. The molecule has 4 nitrogen and oxygen atoms in total. The average molecular weight is 395 g/mol. The summed E-state index contributed by atoms with van der Waals surface area (Å²) in [5.41, 5.74) is 2.24. The lowest BCUT2D eigenvalue weighted by atomic mass is 9.49. The average Bonchev–Trinajstić information content (AvgIpc) is 3.17. The van der Waals surface area contributed by atoms with E-state index in [2.05, 4.69) is 19.1 Å². The predicted molar refractivity (Wildman–Crippen MR) is 113 cm³/mol. The molecule has 4 saturated carbocycles. The number of likely N-dealkylation sites (N-methyl/N-ethyl adjacent to an activating group) is 1. The first-order valence-corrected chi connectivity index (χ1v) is 11.6. The summed E-state index contributed by atoms with van der Waals surface area (Å²) in [6.07, 6.45) is 9.02. The molecule has 1 aromatic rings. The number of benzene rings is 1. The molecule has 1 unspecified atom stereocenters. The van der Waals surface area contributed by atoms with Crippen LogP contribution in [-0.4, -0.2) is 41.2 Å². The van der Waals surface area contributed by atoms with Gasteiger partial charge in [-0.2, -0.15) is 0 Å². The molecule has 0 N–H and O–H groups in total. The van der Waals surface area contributed by atoms with Crippen molar-refractivity contribution < 1.29 is 9.59 Å². The fraction of sp³-hybridized carbons (Fsp3) is 0.680. The van der Waals surface area contributed by atoms with Crippen molar-refractivity contribution in [3.8, 4) is 0 Å². The van der Waals surface area contributed by atoms with Gasteiger partial charge in [0.2, 0.25) is 11.8 Å². The molecule has 5 aliphatic rings. The number of hydrogen-bond acceptors (Lipinski definition) is 2. The maximum atomic E-state index is 13.8. The van der Waals surface area contributed by atoms with E-state index in [-0.39, 0.29) is 17.4 Å². The quantitative estimate of drug-likeness (QED) is 0.769. The van der Waals surface area contributed by atoms with E-state index < -0.39 is 0 Å². The molecule has 4 heteroatoms. The third-order valence-corrected chi connectivity index (χ3v) is 8.34. The molecular weight excluding hydrogens is 360 g/mol. The van der Waals surface area contributed by atoms with Crippen molar-refractivity contribution in [3.63, 3.8) is 0 Å². The Morgan fingerprint density at radius 2 is 1.69 bits per heavy atom. The Bertz CT molecular complexity index is 782. The maximum absolute atomic E-state index is 13.8. The molecule has 6 rings (SSSR count). The highest BCUT2D eigenvalue weighted by molar-refractivity contribution is 5.91. The monoisotopic (exact) mass is 394 g/mol. The summed E-state index contributed by atoms with van der Waals surface area (Å²) in [4.78, 5) is 31.0. The number of hydrogen-bond donors (Lipinski definition) is 0. The lowest BCUT2D eigenvalue weighted by molar-refractivity contribution is -0.161. The van der Waals surface area contributed by atoms with Crippen molar-refractivity contribution in [1.29, 1.82) is 0 Å². The minimum absolute atomic E-state index is 0.115. The zero-order chi connectivity index (χ0) is 20.2. The maximum Gasteiger partial charge on any atom is 0.245 e. The van der Waals surface area contributed by atoms with E-state index in [4.69, 9.17) is 0 Å². The van der Waals surface area contributed by atoms with Crippen molar-refractivity contribution in [2.45, 2.75) is 70.9 Å². The SMILES string of the molecule is Cc1ccccc1CN(C)C(=O)C1CCCN1C(=O)C12CC3CC(CC(C3)C1)C2. The fourth-order valence-electron chi connectivity index (χ4n) is 7.32. The highest BCUT2D eigenvalue weighted by Gasteiger charge is 2.56. The molecule has 29 heavy (non-hydrogen) atoms. The van der Waals surface area contributed by atoms with E-state index in [1.807, 2.05) is 29.0 Å². The Balaban J connectivity index is 1.31. The van der Waals surface area contributed by atoms with Gasteiger partial charge in [0.05, 0.1) is 5.41 Å². The molecule has 1 atom stereocenters. The van der Waals surface area contributed by atoms with Crippen LogP contribution in [0, 0.1) is 30.1 Å². The standard InChI is InChI=1S/C25H34N2O2/c1-17-6-3-4-7-21(17)16-26(2)23(28)22-8-5-9-27(22)24(29)25-13-18-10-19(14-25)12-20(11-18)15-25/h3-4,6-7,18-20,22H,5,8-16H2,1-2H3. The van der Waals surface area contributed by atoms with E-state index in [9.17, 15) is 9.59 Å². The molecule has 2 amide bonds. The summed E-state index contributed by atoms with van der Waals surface area (Å²) in [7, 11) is 1.89. The van der Waals surface area contributed by atoms with Gasteiger partial charge in [-0.1, -0.05) is 24.3 Å². The Morgan fingerprint density at radius 1 is 1.07 bits per heavy atom. The molecule has 4 bridgehead atoms. The van der Waals surface area contributed by atoms with E-state index in [0.29, 0.717) is 12.5 Å². The zero-order valence-electron chi connectivity index (χ0n) is 17.9. The largest absolute Gasteiger partial charge is 0.340 e. The van der Waals surface area contributed by atoms with Gasteiger partial charge in [0.15, 0.2) is 0 Å². The van der Waals surface area contributed by atoms with Gasteiger partial charge < -0.3 is 9.80 Å². The number of carbonyl (C=O) groups is 2. The van der Waals surface area contributed by atoms with Crippen molar-refractivity contribution in [1.82, 2.24) is 9.80 Å². The second-order valence-electron chi connectivity index (χ2n) is 10.5. The summed E-state index contributed by atoms with van der Waals surface area (Å²) < 4.78 is 0. The third-order valence-electron chi connectivity index (χ3n) is 8.34. The van der Waals surface area contributed by atoms with Gasteiger partial charge in [-0.3, -0.25) is 9.59 Å². The Kier molecular flexibility index (Phi) is 4.71. The van der Waals surface area contributed by atoms with E-state index >= 15 is 0 Å². The Morgan fingerprint density at radius 3 is 2.31 bits per heavy atom. The Labute approximate surface area is 174 Å². The van der Waals surface area contributed by atoms with Crippen LogP contribution in [0.1, 0.15) is 62.5 Å². The van der Waals surface area contributed by atoms with Crippen LogP contribution in [0.3, 0.4) is 0 Å². The molecule has 156 valence electrons. The van der Waals surface area contributed by atoms with Crippen molar-refractivity contribution in [2.75, 3.05) is 13.6 Å². The van der Waals surface area contributed by atoms with Gasteiger partial charge in [-0.05, 0) is 87.2 Å². The van der Waals surface area contributed by atoms with Crippen LogP contribution in [0.2, 0.25) is 0 Å². The number of aryl methyl sites for hydroxylation is 1. The predicted octanol–water partition coefficient (Wildman–Crippen LogP) is 4.16. The van der Waals surface area contributed by atoms with E-state index in [1.54, 1.807) is 0 Å². The lowest BCUT2D eigenvalue weighted by Gasteiger charge is -2.56. The van der Waals surface area contributed by atoms with Crippen LogP contribution in [0.25, 0.3) is 0 Å². The smallest absolute Gasteiger partial charge is 0.245 e. The van der Waals surface area contributed by atoms with Gasteiger partial charge in [0.1, 0.15) is 6.04 Å². The van der Waals surface area contributed by atoms with Crippen LogP contribution in [0.4, 0.5) is 0 Å². The number of rotatable bonds is 4. The molecule has 0 radical (unpaired) electrons. The molecule has 0 spiro atoms. The number of carbonyl (C=O) groups excluding carboxylic acids is 2. The lowest BCUT2D eigenvalue weighted by Crippen LogP contribution is -2.57. The molecular formula is C25H34N2O2. The van der Waals surface area contributed by atoms with Gasteiger partial charge >= 0.3 is 0 Å². The van der Waals surface area contributed by atoms with E-state index in [1.165, 1.54) is 30.4 Å². The second kappa shape index (κ2) is 7.14. The molecule has 1 aliphatic heterocycles. The topological polar surface area (TPSA) is 40.6 Å². The molecule has 0 aromatic heterocycles. The minimum Gasteiger partial charge on any atom is -0.340 e. The summed E-state index contributed by atoms with van der Waals surface area (Å²) in [5, 5.41) is 0. The first kappa shape index (κ1) is 19.1. The number of amides is 2. The van der Waals surface area contributed by atoms with Gasteiger partial charge in [-0.25, -0.2) is 0 Å². The summed E-state index contributed by atoms with van der Waals surface area (Å²) >= 11 is 0. The van der Waals surface area contributed by atoms with Gasteiger partial charge in [0.25, 0.3) is 0 Å². The molecule has 1 heterocycles. The highest BCUT2D eigenvalue weighted by Crippen LogP contribution is 2.60. The first-order chi connectivity index (χ1) is 13.9. The zero-order valence-corrected chi connectivity index (χ0v) is 17.9. The highest BCUT2D eigenvalue weighted by atomic mass is 16.2. The Hall–Kier alpha value is -1.84. The van der Waals surface area contributed by atoms with E-state index in [0.717, 1.165) is 56.4 Å². The fourth-order valence-corrected chi connectivity index (χ4v) is 7.32. The number of likely N-dealkylation sites (tertiary alicyclic amines) is 1. The first-order valence-electron chi connectivity index (χ1n) is 11.6. The van der Waals surface area contributed by atoms with Crippen LogP contribution in [0.5, 0.6) is 0 Å². The van der Waals surface area contributed by atoms with Crippen molar-refractivity contribution >= 4 is 11.8 Å². The molecule has 1 aromatic carbocycles. The second-order valence-corrected chi connectivity index (χ2v) is 10.5. The molecule has 1 saturated heterocycles. The summed E-state index contributed by atoms with van der Waals surface area (Å²) in [6, 6.07) is 7.98. The normalized spacial score (nSPS) is 35.2. The van der Waals surface area contributed by atoms with Crippen LogP contribution in [-0.2, 0) is 16.1 Å². The van der Waals surface area contributed by atoms with Crippen LogP contribution in [0.15, 0.2) is 24.3 Å². The van der Waals surface area contributed by atoms with Crippen molar-refractivity contribution in [2.24, 2.45) is 23.2 Å².